The highest BCUT2D eigenvalue weighted by molar-refractivity contribution is 7.13. The van der Waals surface area contributed by atoms with Gasteiger partial charge in [0.2, 0.25) is 0 Å². The molecular weight excluding hydrogens is 281 g/mol. The Balaban J connectivity index is 2.26. The maximum Gasteiger partial charge on any atom is 0.124 e. The van der Waals surface area contributed by atoms with Crippen LogP contribution in [0.15, 0.2) is 35.2 Å². The molecule has 4 heteroatoms. The van der Waals surface area contributed by atoms with Crippen LogP contribution in [0.3, 0.4) is 0 Å². The summed E-state index contributed by atoms with van der Waals surface area (Å²) in [4.78, 5) is 4.54. The quantitative estimate of drug-likeness (QED) is 0.704. The topological polar surface area (TPSA) is 12.9 Å². The number of hydrogen-bond donors (Lipinski definition) is 0. The molecule has 1 nitrogen and oxygen atoms in total. The fourth-order valence-electron chi connectivity index (χ4n) is 1.63. The van der Waals surface area contributed by atoms with Crippen LogP contribution in [-0.4, -0.2) is 10.9 Å². The summed E-state index contributed by atoms with van der Waals surface area (Å²) in [5.41, 5.74) is 3.01. The summed E-state index contributed by atoms with van der Waals surface area (Å²) in [5, 5.41) is 2.89. The van der Waals surface area contributed by atoms with Crippen molar-refractivity contribution in [3.8, 4) is 10.6 Å². The van der Waals surface area contributed by atoms with Crippen LogP contribution in [0.1, 0.15) is 19.5 Å². The van der Waals surface area contributed by atoms with Crippen LogP contribution in [0.5, 0.6) is 0 Å². The number of thiazole rings is 1. The number of rotatable bonds is 4. The van der Waals surface area contributed by atoms with Crippen molar-refractivity contribution in [1.29, 1.82) is 0 Å². The lowest BCUT2D eigenvalue weighted by Crippen LogP contribution is -1.95. The van der Waals surface area contributed by atoms with E-state index in [2.05, 4.69) is 18.8 Å². The molecule has 100 valence electrons. The van der Waals surface area contributed by atoms with Gasteiger partial charge in [0.15, 0.2) is 0 Å². The molecule has 0 unspecified atom stereocenters. The second-order valence-corrected chi connectivity index (χ2v) is 5.72. The molecule has 0 aliphatic heterocycles. The fourth-order valence-corrected chi connectivity index (χ4v) is 2.80. The second kappa shape index (κ2) is 6.31. The SMILES string of the molecule is CC(C)C(=Cc1csc(-c2ccc(F)cc2)n1)CCl. The van der Waals surface area contributed by atoms with Crippen molar-refractivity contribution in [2.24, 2.45) is 5.92 Å². The van der Waals surface area contributed by atoms with Crippen LogP contribution in [0.25, 0.3) is 16.6 Å². The average Bonchev–Trinajstić information content (AvgIpc) is 2.85. The highest BCUT2D eigenvalue weighted by Crippen LogP contribution is 2.25. The molecule has 0 N–H and O–H groups in total. The Kier molecular flexibility index (Phi) is 4.72. The van der Waals surface area contributed by atoms with Gasteiger partial charge >= 0.3 is 0 Å². The molecule has 0 fully saturated rings. The Labute approximate surface area is 121 Å². The molecular formula is C15H15ClFNS. The highest BCUT2D eigenvalue weighted by atomic mass is 35.5. The zero-order chi connectivity index (χ0) is 13.8. The molecule has 1 aromatic carbocycles. The first-order chi connectivity index (χ1) is 9.10. The molecule has 0 aliphatic rings. The highest BCUT2D eigenvalue weighted by Gasteiger charge is 2.06. The molecule has 19 heavy (non-hydrogen) atoms. The van der Waals surface area contributed by atoms with Gasteiger partial charge in [0.25, 0.3) is 0 Å². The Morgan fingerprint density at radius 3 is 2.63 bits per heavy atom. The molecule has 1 heterocycles. The van der Waals surface area contributed by atoms with Gasteiger partial charge in [0.1, 0.15) is 10.8 Å². The van der Waals surface area contributed by atoms with Crippen molar-refractivity contribution in [3.63, 3.8) is 0 Å². The minimum atomic E-state index is -0.232. The lowest BCUT2D eigenvalue weighted by Gasteiger charge is -2.05. The number of benzene rings is 1. The molecule has 2 aromatic rings. The molecule has 0 aliphatic carbocycles. The zero-order valence-corrected chi connectivity index (χ0v) is 12.4. The van der Waals surface area contributed by atoms with E-state index >= 15 is 0 Å². The smallest absolute Gasteiger partial charge is 0.124 e. The third-order valence-electron chi connectivity index (χ3n) is 2.84. The number of aromatic nitrogens is 1. The van der Waals surface area contributed by atoms with Gasteiger partial charge < -0.3 is 0 Å². The largest absolute Gasteiger partial charge is 0.237 e. The summed E-state index contributed by atoms with van der Waals surface area (Å²) in [5.74, 6) is 0.694. The van der Waals surface area contributed by atoms with Crippen LogP contribution < -0.4 is 0 Å². The fraction of sp³-hybridized carbons (Fsp3) is 0.267. The lowest BCUT2D eigenvalue weighted by molar-refractivity contribution is 0.628. The number of halogens is 2. The van der Waals surface area contributed by atoms with Crippen molar-refractivity contribution >= 4 is 29.0 Å². The number of alkyl halides is 1. The Bertz CT molecular complexity index is 572. The van der Waals surface area contributed by atoms with Crippen molar-refractivity contribution < 1.29 is 4.39 Å². The average molecular weight is 296 g/mol. The molecule has 0 spiro atoms. The van der Waals surface area contributed by atoms with E-state index in [9.17, 15) is 4.39 Å². The minimum absolute atomic E-state index is 0.232. The van der Waals surface area contributed by atoms with E-state index in [-0.39, 0.29) is 5.82 Å². The van der Waals surface area contributed by atoms with Gasteiger partial charge in [-0.05, 0) is 36.3 Å². The summed E-state index contributed by atoms with van der Waals surface area (Å²) < 4.78 is 12.9. The van der Waals surface area contributed by atoms with E-state index in [1.54, 1.807) is 23.5 Å². The van der Waals surface area contributed by atoms with E-state index in [1.807, 2.05) is 11.5 Å². The first-order valence-corrected chi connectivity index (χ1v) is 7.49. The van der Waals surface area contributed by atoms with Gasteiger partial charge in [-0.25, -0.2) is 9.37 Å². The Morgan fingerprint density at radius 2 is 2.05 bits per heavy atom. The lowest BCUT2D eigenvalue weighted by atomic mass is 10.0. The summed E-state index contributed by atoms with van der Waals surface area (Å²) in [6, 6.07) is 6.38. The first kappa shape index (κ1) is 14.2. The number of hydrogen-bond acceptors (Lipinski definition) is 2. The molecule has 0 saturated heterocycles. The van der Waals surface area contributed by atoms with Crippen molar-refractivity contribution in [2.75, 3.05) is 5.88 Å². The van der Waals surface area contributed by atoms with Gasteiger partial charge in [-0.1, -0.05) is 19.4 Å². The van der Waals surface area contributed by atoms with E-state index < -0.39 is 0 Å². The van der Waals surface area contributed by atoms with Crippen LogP contribution in [-0.2, 0) is 0 Å². The van der Waals surface area contributed by atoms with Gasteiger partial charge in [0.05, 0.1) is 5.69 Å². The molecule has 1 aromatic heterocycles. The molecule has 0 bridgehead atoms. The van der Waals surface area contributed by atoms with Crippen LogP contribution in [0.4, 0.5) is 4.39 Å². The summed E-state index contributed by atoms with van der Waals surface area (Å²) >= 11 is 7.47. The van der Waals surface area contributed by atoms with Gasteiger partial charge in [-0.15, -0.1) is 22.9 Å². The van der Waals surface area contributed by atoms with E-state index in [4.69, 9.17) is 11.6 Å². The van der Waals surface area contributed by atoms with Gasteiger partial charge in [-0.2, -0.15) is 0 Å². The third-order valence-corrected chi connectivity index (χ3v) is 4.06. The predicted molar refractivity (Wildman–Crippen MR) is 81.0 cm³/mol. The van der Waals surface area contributed by atoms with E-state index in [1.165, 1.54) is 12.1 Å². The van der Waals surface area contributed by atoms with Crippen molar-refractivity contribution in [3.05, 3.63) is 46.7 Å². The van der Waals surface area contributed by atoms with Crippen LogP contribution in [0.2, 0.25) is 0 Å². The van der Waals surface area contributed by atoms with Gasteiger partial charge in [-0.3, -0.25) is 0 Å². The molecule has 0 amide bonds. The molecule has 0 saturated carbocycles. The zero-order valence-electron chi connectivity index (χ0n) is 10.9. The molecule has 0 atom stereocenters. The van der Waals surface area contributed by atoms with E-state index in [0.29, 0.717) is 11.8 Å². The monoisotopic (exact) mass is 295 g/mol. The standard InChI is InChI=1S/C15H15ClFNS/c1-10(2)12(8-16)7-14-9-19-15(18-14)11-3-5-13(17)6-4-11/h3-7,9-10H,8H2,1-2H3. The number of nitrogens with zero attached hydrogens (tertiary/aromatic N) is 1. The third kappa shape index (κ3) is 3.64. The minimum Gasteiger partial charge on any atom is -0.237 e. The second-order valence-electron chi connectivity index (χ2n) is 4.59. The summed E-state index contributed by atoms with van der Waals surface area (Å²) in [6.07, 6.45) is 2.03. The van der Waals surface area contributed by atoms with Crippen molar-refractivity contribution in [1.82, 2.24) is 4.98 Å². The van der Waals surface area contributed by atoms with Crippen LogP contribution in [0, 0.1) is 11.7 Å². The summed E-state index contributed by atoms with van der Waals surface area (Å²) in [7, 11) is 0. The Hall–Kier alpha value is -1.19. The van der Waals surface area contributed by atoms with Gasteiger partial charge in [0, 0.05) is 16.8 Å². The first-order valence-electron chi connectivity index (χ1n) is 6.08. The van der Waals surface area contributed by atoms with Crippen molar-refractivity contribution in [2.45, 2.75) is 13.8 Å². The Morgan fingerprint density at radius 1 is 1.37 bits per heavy atom. The van der Waals surface area contributed by atoms with Crippen LogP contribution >= 0.6 is 22.9 Å². The number of allylic oxidation sites excluding steroid dienone is 1. The summed E-state index contributed by atoms with van der Waals surface area (Å²) in [6.45, 7) is 4.23. The molecule has 0 radical (unpaired) electrons. The predicted octanol–water partition coefficient (Wildman–Crippen LogP) is 5.23. The molecule has 2 rings (SSSR count). The maximum atomic E-state index is 12.9. The maximum absolute atomic E-state index is 12.9. The normalized spacial score (nSPS) is 12.2. The van der Waals surface area contributed by atoms with E-state index in [0.717, 1.165) is 21.8 Å².